The highest BCUT2D eigenvalue weighted by Crippen LogP contribution is 2.17. The summed E-state index contributed by atoms with van der Waals surface area (Å²) in [5.41, 5.74) is 0.508. The van der Waals surface area contributed by atoms with Gasteiger partial charge in [0, 0.05) is 37.3 Å². The molecule has 2 aromatic rings. The van der Waals surface area contributed by atoms with E-state index in [1.807, 2.05) is 62.1 Å². The number of carbonyl (C=O) groups excluding carboxylic acids is 2. The molecule has 0 saturated carbocycles. The average Bonchev–Trinajstić information content (AvgIpc) is 2.84. The average molecular weight is 367 g/mol. The molecule has 1 N–H and O–H groups in total. The third-order valence-electron chi connectivity index (χ3n) is 4.75. The summed E-state index contributed by atoms with van der Waals surface area (Å²) in [6.07, 6.45) is 0.877. The largest absolute Gasteiger partial charge is 0.350 e. The number of hydrogen-bond donors (Lipinski definition) is 1. The number of hydrogen-bond acceptors (Lipinski definition) is 3. The van der Waals surface area contributed by atoms with Crippen LogP contribution in [0.2, 0.25) is 0 Å². The zero-order valence-electron chi connectivity index (χ0n) is 16.5. The SMILES string of the molecule is CC(C)(C)NC(=O)CN1CCCN(C(=O)c2ccc3ccccc3c2)CC1. The molecule has 0 aromatic heterocycles. The van der Waals surface area contributed by atoms with Crippen molar-refractivity contribution in [3.8, 4) is 0 Å². The minimum absolute atomic E-state index is 0.0387. The lowest BCUT2D eigenvalue weighted by Gasteiger charge is -2.25. The zero-order valence-corrected chi connectivity index (χ0v) is 16.5. The predicted molar refractivity (Wildman–Crippen MR) is 109 cm³/mol. The Kier molecular flexibility index (Phi) is 5.80. The van der Waals surface area contributed by atoms with Crippen LogP contribution in [0.4, 0.5) is 0 Å². The molecule has 1 saturated heterocycles. The smallest absolute Gasteiger partial charge is 0.253 e. The van der Waals surface area contributed by atoms with Crippen LogP contribution in [0.25, 0.3) is 10.8 Å². The van der Waals surface area contributed by atoms with Gasteiger partial charge < -0.3 is 10.2 Å². The molecule has 3 rings (SSSR count). The summed E-state index contributed by atoms with van der Waals surface area (Å²) < 4.78 is 0. The van der Waals surface area contributed by atoms with E-state index in [2.05, 4.69) is 16.3 Å². The first-order chi connectivity index (χ1) is 12.8. The first-order valence-electron chi connectivity index (χ1n) is 9.63. The topological polar surface area (TPSA) is 52.7 Å². The molecule has 5 heteroatoms. The molecule has 0 unspecified atom stereocenters. The molecule has 144 valence electrons. The van der Waals surface area contributed by atoms with Crippen LogP contribution in [0.3, 0.4) is 0 Å². The van der Waals surface area contributed by atoms with E-state index in [1.165, 1.54) is 0 Å². The van der Waals surface area contributed by atoms with Gasteiger partial charge in [0.2, 0.25) is 5.91 Å². The molecule has 1 aliphatic heterocycles. The van der Waals surface area contributed by atoms with Gasteiger partial charge in [-0.25, -0.2) is 0 Å². The second-order valence-electron chi connectivity index (χ2n) is 8.28. The Morgan fingerprint density at radius 3 is 2.44 bits per heavy atom. The highest BCUT2D eigenvalue weighted by Gasteiger charge is 2.22. The Morgan fingerprint density at radius 2 is 1.70 bits per heavy atom. The fourth-order valence-corrected chi connectivity index (χ4v) is 3.50. The van der Waals surface area contributed by atoms with E-state index >= 15 is 0 Å². The van der Waals surface area contributed by atoms with E-state index in [0.717, 1.165) is 42.4 Å². The van der Waals surface area contributed by atoms with Crippen LogP contribution >= 0.6 is 0 Å². The van der Waals surface area contributed by atoms with E-state index in [4.69, 9.17) is 0 Å². The van der Waals surface area contributed by atoms with Gasteiger partial charge in [-0.3, -0.25) is 14.5 Å². The molecule has 0 radical (unpaired) electrons. The van der Waals surface area contributed by atoms with Gasteiger partial charge in [0.05, 0.1) is 6.54 Å². The van der Waals surface area contributed by atoms with E-state index in [-0.39, 0.29) is 17.4 Å². The van der Waals surface area contributed by atoms with E-state index in [9.17, 15) is 9.59 Å². The Bertz CT molecular complexity index is 826. The maximum absolute atomic E-state index is 12.9. The Morgan fingerprint density at radius 1 is 0.963 bits per heavy atom. The van der Waals surface area contributed by atoms with Crippen molar-refractivity contribution in [2.75, 3.05) is 32.7 Å². The number of carbonyl (C=O) groups is 2. The van der Waals surface area contributed by atoms with Crippen molar-refractivity contribution in [1.29, 1.82) is 0 Å². The van der Waals surface area contributed by atoms with Crippen molar-refractivity contribution < 1.29 is 9.59 Å². The lowest BCUT2D eigenvalue weighted by molar-refractivity contribution is -0.123. The van der Waals surface area contributed by atoms with Crippen molar-refractivity contribution in [3.05, 3.63) is 48.0 Å². The number of nitrogens with zero attached hydrogens (tertiary/aromatic N) is 2. The van der Waals surface area contributed by atoms with Crippen molar-refractivity contribution >= 4 is 22.6 Å². The first kappa shape index (κ1) is 19.4. The van der Waals surface area contributed by atoms with Gasteiger partial charge in [0.15, 0.2) is 0 Å². The van der Waals surface area contributed by atoms with Crippen LogP contribution in [0, 0.1) is 0 Å². The van der Waals surface area contributed by atoms with E-state index in [0.29, 0.717) is 13.1 Å². The van der Waals surface area contributed by atoms with Crippen LogP contribution in [0.1, 0.15) is 37.6 Å². The predicted octanol–water partition coefficient (Wildman–Crippen LogP) is 2.90. The van der Waals surface area contributed by atoms with Gasteiger partial charge in [0.1, 0.15) is 0 Å². The molecule has 1 heterocycles. The number of rotatable bonds is 3. The summed E-state index contributed by atoms with van der Waals surface area (Å²) in [5.74, 6) is 0.110. The van der Waals surface area contributed by atoms with Gasteiger partial charge in [-0.05, 0) is 50.1 Å². The molecule has 2 aromatic carbocycles. The highest BCUT2D eigenvalue weighted by atomic mass is 16.2. The molecule has 27 heavy (non-hydrogen) atoms. The van der Waals surface area contributed by atoms with Crippen LogP contribution < -0.4 is 5.32 Å². The summed E-state index contributed by atoms with van der Waals surface area (Å²) >= 11 is 0. The van der Waals surface area contributed by atoms with Crippen LogP contribution in [0.15, 0.2) is 42.5 Å². The number of benzene rings is 2. The normalized spacial score (nSPS) is 16.2. The van der Waals surface area contributed by atoms with Crippen molar-refractivity contribution in [1.82, 2.24) is 15.1 Å². The third kappa shape index (κ3) is 5.30. The number of fused-ring (bicyclic) bond motifs is 1. The molecule has 5 nitrogen and oxygen atoms in total. The van der Waals surface area contributed by atoms with E-state index < -0.39 is 0 Å². The quantitative estimate of drug-likeness (QED) is 0.908. The number of amides is 2. The third-order valence-corrected chi connectivity index (χ3v) is 4.75. The van der Waals surface area contributed by atoms with Crippen LogP contribution in [-0.2, 0) is 4.79 Å². The van der Waals surface area contributed by atoms with Gasteiger partial charge >= 0.3 is 0 Å². The molecule has 0 bridgehead atoms. The molecular formula is C22H29N3O2. The Labute approximate surface area is 161 Å². The van der Waals surface area contributed by atoms with Gasteiger partial charge in [-0.2, -0.15) is 0 Å². The second kappa shape index (κ2) is 8.09. The molecule has 0 spiro atoms. The standard InChI is InChI=1S/C22H29N3O2/c1-22(2,3)23-20(26)16-24-11-6-12-25(14-13-24)21(27)19-10-9-17-7-4-5-8-18(17)15-19/h4-5,7-10,15H,6,11-14,16H2,1-3H3,(H,23,26). The molecule has 2 amide bonds. The Hall–Kier alpha value is -2.40. The Balaban J connectivity index is 1.61. The van der Waals surface area contributed by atoms with Crippen molar-refractivity contribution in [3.63, 3.8) is 0 Å². The fraction of sp³-hybridized carbons (Fsp3) is 0.455. The minimum atomic E-state index is -0.221. The summed E-state index contributed by atoms with van der Waals surface area (Å²) in [6.45, 7) is 9.26. The van der Waals surface area contributed by atoms with Gasteiger partial charge in [0.25, 0.3) is 5.91 Å². The monoisotopic (exact) mass is 367 g/mol. The summed E-state index contributed by atoms with van der Waals surface area (Å²) in [5, 5.41) is 5.22. The van der Waals surface area contributed by atoms with Crippen molar-refractivity contribution in [2.45, 2.75) is 32.7 Å². The second-order valence-corrected chi connectivity index (χ2v) is 8.28. The van der Waals surface area contributed by atoms with Crippen LogP contribution in [0.5, 0.6) is 0 Å². The first-order valence-corrected chi connectivity index (χ1v) is 9.63. The maximum atomic E-state index is 12.9. The molecular weight excluding hydrogens is 338 g/mol. The number of nitrogens with one attached hydrogen (secondary N) is 1. The van der Waals surface area contributed by atoms with Gasteiger partial charge in [-0.15, -0.1) is 0 Å². The highest BCUT2D eigenvalue weighted by molar-refractivity contribution is 5.98. The van der Waals surface area contributed by atoms with Crippen LogP contribution in [-0.4, -0.2) is 59.9 Å². The summed E-state index contributed by atoms with van der Waals surface area (Å²) in [4.78, 5) is 29.2. The van der Waals surface area contributed by atoms with Crippen molar-refractivity contribution in [2.24, 2.45) is 0 Å². The maximum Gasteiger partial charge on any atom is 0.253 e. The molecule has 1 aliphatic rings. The van der Waals surface area contributed by atoms with E-state index in [1.54, 1.807) is 0 Å². The molecule has 0 atom stereocenters. The van der Waals surface area contributed by atoms with Gasteiger partial charge in [-0.1, -0.05) is 30.3 Å². The zero-order chi connectivity index (χ0) is 19.4. The minimum Gasteiger partial charge on any atom is -0.350 e. The fourth-order valence-electron chi connectivity index (χ4n) is 3.50. The lowest BCUT2D eigenvalue weighted by atomic mass is 10.1. The molecule has 0 aliphatic carbocycles. The summed E-state index contributed by atoms with van der Waals surface area (Å²) in [6, 6.07) is 14.0. The summed E-state index contributed by atoms with van der Waals surface area (Å²) in [7, 11) is 0. The lowest BCUT2D eigenvalue weighted by Crippen LogP contribution is -2.46. The molecule has 1 fully saturated rings.